The predicted molar refractivity (Wildman–Crippen MR) is 161 cm³/mol. The number of guanidine groups is 1. The molecule has 13 nitrogen and oxygen atoms in total. The number of nitrogens with one attached hydrogen (secondary N) is 4. The van der Waals surface area contributed by atoms with Gasteiger partial charge in [-0.15, -0.1) is 0 Å². The molecule has 1 amide bonds. The van der Waals surface area contributed by atoms with E-state index in [9.17, 15) is 31.1 Å². The summed E-state index contributed by atoms with van der Waals surface area (Å²) >= 11 is 0. The molecule has 4 aromatic rings. The Balaban J connectivity index is 0.000000376. The molecule has 258 valence electrons. The van der Waals surface area contributed by atoms with E-state index in [1.54, 1.807) is 6.07 Å². The Bertz CT molecular complexity index is 1740. The van der Waals surface area contributed by atoms with Gasteiger partial charge in [0.15, 0.2) is 11.7 Å². The first kappa shape index (κ1) is 36.8. The predicted octanol–water partition coefficient (Wildman–Crippen LogP) is 5.41. The molecule has 2 atom stereocenters. The lowest BCUT2D eigenvalue weighted by atomic mass is 9.90. The number of amides is 1. The van der Waals surface area contributed by atoms with Crippen LogP contribution in [0.5, 0.6) is 0 Å². The molecule has 19 heteroatoms. The number of aliphatic carboxylic acids is 2. The van der Waals surface area contributed by atoms with E-state index in [0.29, 0.717) is 11.4 Å². The SMILES string of the molecule is Cc1ccc2nc(NC(=O)c3cc4ccccc4o3)nc(NC3CCCCC3NC(=N)N)c2c1.O=C(O)C(F)(F)F.O=C(O)C(F)(F)F. The van der Waals surface area contributed by atoms with Crippen LogP contribution in [0.25, 0.3) is 21.9 Å². The average Bonchev–Trinajstić information content (AvgIpc) is 3.43. The van der Waals surface area contributed by atoms with Crippen LogP contribution in [0.15, 0.2) is 52.9 Å². The number of aryl methyl sites for hydroxylation is 1. The zero-order chi connectivity index (χ0) is 35.8. The molecule has 0 saturated heterocycles. The number of aromatic nitrogens is 2. The van der Waals surface area contributed by atoms with Gasteiger partial charge in [0.1, 0.15) is 11.4 Å². The third kappa shape index (κ3) is 10.5. The molecule has 1 aliphatic rings. The molecule has 2 heterocycles. The first-order valence-corrected chi connectivity index (χ1v) is 13.9. The summed E-state index contributed by atoms with van der Waals surface area (Å²) in [5.41, 5.74) is 8.06. The van der Waals surface area contributed by atoms with E-state index < -0.39 is 30.2 Å². The van der Waals surface area contributed by atoms with Crippen molar-refractivity contribution < 1.29 is 55.4 Å². The summed E-state index contributed by atoms with van der Waals surface area (Å²) in [6.45, 7) is 2.02. The van der Waals surface area contributed by atoms with Crippen LogP contribution in [0.1, 0.15) is 41.8 Å². The summed E-state index contributed by atoms with van der Waals surface area (Å²) < 4.78 is 69.2. The van der Waals surface area contributed by atoms with E-state index in [1.807, 2.05) is 49.4 Å². The van der Waals surface area contributed by atoms with Gasteiger partial charge in [0, 0.05) is 22.9 Å². The van der Waals surface area contributed by atoms with E-state index in [4.69, 9.17) is 35.4 Å². The molecule has 0 bridgehead atoms. The number of carboxylic acid groups (broad SMARTS) is 2. The van der Waals surface area contributed by atoms with Crippen LogP contribution in [0, 0.1) is 12.3 Å². The molecule has 48 heavy (non-hydrogen) atoms. The van der Waals surface area contributed by atoms with Gasteiger partial charge in [0.2, 0.25) is 5.95 Å². The van der Waals surface area contributed by atoms with Gasteiger partial charge < -0.3 is 31.0 Å². The zero-order valence-corrected chi connectivity index (χ0v) is 24.9. The average molecular weight is 686 g/mol. The van der Waals surface area contributed by atoms with Gasteiger partial charge in [-0.1, -0.05) is 42.7 Å². The van der Waals surface area contributed by atoms with Crippen molar-refractivity contribution in [2.45, 2.75) is 57.0 Å². The molecule has 2 unspecified atom stereocenters. The number of furan rings is 1. The van der Waals surface area contributed by atoms with Gasteiger partial charge in [-0.25, -0.2) is 14.6 Å². The third-order valence-corrected chi connectivity index (χ3v) is 6.64. The van der Waals surface area contributed by atoms with Gasteiger partial charge in [-0.3, -0.25) is 15.5 Å². The first-order valence-electron chi connectivity index (χ1n) is 13.9. The Labute approximate surface area is 267 Å². The molecular formula is C29H29F6N7O6. The topological polar surface area (TPSA) is 217 Å². The second-order valence-electron chi connectivity index (χ2n) is 10.3. The number of fused-ring (bicyclic) bond motifs is 2. The summed E-state index contributed by atoms with van der Waals surface area (Å²) in [6.07, 6.45) is -6.19. The van der Waals surface area contributed by atoms with Crippen LogP contribution >= 0.6 is 0 Å². The van der Waals surface area contributed by atoms with E-state index in [0.717, 1.165) is 47.5 Å². The van der Waals surface area contributed by atoms with Gasteiger partial charge >= 0.3 is 24.3 Å². The van der Waals surface area contributed by atoms with Gasteiger partial charge in [0.05, 0.1) is 5.52 Å². The largest absolute Gasteiger partial charge is 0.490 e. The number of carboxylic acids is 2. The van der Waals surface area contributed by atoms with E-state index >= 15 is 0 Å². The lowest BCUT2D eigenvalue weighted by Crippen LogP contribution is -2.50. The minimum Gasteiger partial charge on any atom is -0.475 e. The molecule has 1 fully saturated rings. The third-order valence-electron chi connectivity index (χ3n) is 6.64. The van der Waals surface area contributed by atoms with Crippen molar-refractivity contribution in [1.82, 2.24) is 15.3 Å². The molecule has 8 N–H and O–H groups in total. The van der Waals surface area contributed by atoms with Crippen molar-refractivity contribution in [1.29, 1.82) is 5.41 Å². The molecule has 0 aliphatic heterocycles. The molecule has 0 radical (unpaired) electrons. The second-order valence-corrected chi connectivity index (χ2v) is 10.3. The highest BCUT2D eigenvalue weighted by atomic mass is 19.4. The number of carbonyl (C=O) groups is 3. The normalized spacial score (nSPS) is 16.1. The van der Waals surface area contributed by atoms with E-state index in [2.05, 4.69) is 25.9 Å². The number of para-hydroxylation sites is 1. The van der Waals surface area contributed by atoms with Crippen LogP contribution < -0.4 is 21.7 Å². The lowest BCUT2D eigenvalue weighted by Gasteiger charge is -2.33. The number of carbonyl (C=O) groups excluding carboxylic acids is 1. The fourth-order valence-electron chi connectivity index (χ4n) is 4.52. The van der Waals surface area contributed by atoms with Crippen LogP contribution in [0.3, 0.4) is 0 Å². The van der Waals surface area contributed by atoms with Crippen LogP contribution in [-0.2, 0) is 9.59 Å². The number of anilines is 2. The van der Waals surface area contributed by atoms with Crippen molar-refractivity contribution in [3.63, 3.8) is 0 Å². The Morgan fingerprint density at radius 2 is 1.50 bits per heavy atom. The highest BCUT2D eigenvalue weighted by Gasteiger charge is 2.39. The number of alkyl halides is 6. The number of benzene rings is 2. The summed E-state index contributed by atoms with van der Waals surface area (Å²) in [5, 5.41) is 33.0. The van der Waals surface area contributed by atoms with Crippen LogP contribution in [0.2, 0.25) is 0 Å². The van der Waals surface area contributed by atoms with E-state index in [1.165, 1.54) is 0 Å². The number of nitrogens with zero attached hydrogens (tertiary/aromatic N) is 2. The summed E-state index contributed by atoms with van der Waals surface area (Å²) in [4.78, 5) is 39.9. The summed E-state index contributed by atoms with van der Waals surface area (Å²) in [7, 11) is 0. The molecule has 0 spiro atoms. The highest BCUT2D eigenvalue weighted by Crippen LogP contribution is 2.28. The maximum Gasteiger partial charge on any atom is 0.490 e. The fraction of sp³-hybridized carbons (Fsp3) is 0.310. The van der Waals surface area contributed by atoms with E-state index in [-0.39, 0.29) is 29.8 Å². The standard InChI is InChI=1S/C25H27N7O2.2C2HF3O2/c1-14-10-11-17-16(12-14)22(28-18-7-3-4-8-19(18)29-24(26)27)31-25(30-17)32-23(33)21-13-15-6-2-5-9-20(15)34-21;2*3-2(4,5)1(6)7/h2,5-6,9-13,18-19H,3-4,7-8H2,1H3,(H4,26,27,29)(H2,28,30,31,32,33);2*(H,6,7). The molecule has 2 aromatic carbocycles. The maximum atomic E-state index is 12.9. The summed E-state index contributed by atoms with van der Waals surface area (Å²) in [5.74, 6) is -4.95. The molecule has 5 rings (SSSR count). The Kier molecular flexibility index (Phi) is 11.8. The van der Waals surface area contributed by atoms with Crippen LogP contribution in [0.4, 0.5) is 38.1 Å². The number of hydrogen-bond donors (Lipinski definition) is 7. The molecular weight excluding hydrogens is 656 g/mol. The Morgan fingerprint density at radius 3 is 2.06 bits per heavy atom. The van der Waals surface area contributed by atoms with Crippen molar-refractivity contribution in [2.24, 2.45) is 5.73 Å². The molecule has 2 aromatic heterocycles. The fourth-order valence-corrected chi connectivity index (χ4v) is 4.52. The van der Waals surface area contributed by atoms with Gasteiger partial charge in [0.25, 0.3) is 5.91 Å². The van der Waals surface area contributed by atoms with Crippen molar-refractivity contribution in [2.75, 3.05) is 10.6 Å². The first-order chi connectivity index (χ1) is 22.3. The molecule has 1 saturated carbocycles. The second kappa shape index (κ2) is 15.3. The number of halogens is 6. The highest BCUT2D eigenvalue weighted by molar-refractivity contribution is 6.04. The Morgan fingerprint density at radius 1 is 0.917 bits per heavy atom. The zero-order valence-electron chi connectivity index (χ0n) is 24.9. The van der Waals surface area contributed by atoms with Gasteiger partial charge in [-0.05, 0) is 44.0 Å². The number of rotatable bonds is 5. The summed E-state index contributed by atoms with van der Waals surface area (Å²) in [6, 6.07) is 15.1. The minimum absolute atomic E-state index is 0.0228. The lowest BCUT2D eigenvalue weighted by molar-refractivity contribution is -0.193. The minimum atomic E-state index is -5.08. The Hall–Kier alpha value is -5.62. The van der Waals surface area contributed by atoms with Crippen molar-refractivity contribution in [3.05, 3.63) is 59.9 Å². The maximum absolute atomic E-state index is 12.9. The van der Waals surface area contributed by atoms with Crippen molar-refractivity contribution >= 4 is 57.4 Å². The monoisotopic (exact) mass is 685 g/mol. The molecule has 1 aliphatic carbocycles. The number of hydrogen-bond acceptors (Lipinski definition) is 8. The van der Waals surface area contributed by atoms with Gasteiger partial charge in [-0.2, -0.15) is 31.3 Å². The van der Waals surface area contributed by atoms with Crippen molar-refractivity contribution in [3.8, 4) is 0 Å². The number of nitrogens with two attached hydrogens (primary N) is 1. The van der Waals surface area contributed by atoms with Crippen LogP contribution in [-0.4, -0.2) is 68.4 Å². The smallest absolute Gasteiger partial charge is 0.475 e. The quantitative estimate of drug-likeness (QED) is 0.0801.